The second-order valence-corrected chi connectivity index (χ2v) is 4.92. The van der Waals surface area contributed by atoms with E-state index in [1.54, 1.807) is 6.92 Å². The molecule has 0 aromatic carbocycles. The van der Waals surface area contributed by atoms with Crippen LogP contribution in [-0.4, -0.2) is 22.3 Å². The molecular weight excluding hydrogens is 180 g/mol. The van der Waals surface area contributed by atoms with E-state index in [-0.39, 0.29) is 18.1 Å². The van der Waals surface area contributed by atoms with Crippen molar-refractivity contribution in [2.24, 2.45) is 11.8 Å². The molecule has 4 rings (SSSR count). The molecule has 1 spiro atoms. The molecule has 2 aliphatic heterocycles. The Morgan fingerprint density at radius 1 is 1.57 bits per heavy atom. The van der Waals surface area contributed by atoms with Gasteiger partial charge in [-0.1, -0.05) is 6.92 Å². The van der Waals surface area contributed by atoms with Crippen molar-refractivity contribution < 1.29 is 16.0 Å². The Labute approximate surface area is 84.8 Å². The van der Waals surface area contributed by atoms with Crippen LogP contribution in [-0.2, 0) is 9.53 Å². The summed E-state index contributed by atoms with van der Waals surface area (Å²) in [6.07, 6.45) is 2.40. The number of Topliss-reactive ketones (excluding diaryl/α,β-unsaturated/α-hetero) is 1. The summed E-state index contributed by atoms with van der Waals surface area (Å²) in [6.45, 7) is 1.75. The number of carbonyl (C=O) groups is 1. The van der Waals surface area contributed by atoms with E-state index in [2.05, 4.69) is 0 Å². The van der Waals surface area contributed by atoms with Gasteiger partial charge in [0.25, 0.3) is 0 Å². The molecule has 14 heavy (non-hydrogen) atoms. The minimum Gasteiger partial charge on any atom is -0.365 e. The van der Waals surface area contributed by atoms with Crippen molar-refractivity contribution in [2.45, 2.75) is 50.4 Å². The van der Waals surface area contributed by atoms with E-state index in [0.717, 1.165) is 6.42 Å². The van der Waals surface area contributed by atoms with Gasteiger partial charge in [-0.2, -0.15) is 0 Å². The fraction of sp³-hybridized carbons (Fsp3) is 0.909. The third-order valence-corrected chi connectivity index (χ3v) is 4.23. The first-order chi connectivity index (χ1) is 6.97. The summed E-state index contributed by atoms with van der Waals surface area (Å²) in [5, 5.41) is 10.2. The van der Waals surface area contributed by atoms with Crippen LogP contribution in [0.3, 0.4) is 0 Å². The van der Waals surface area contributed by atoms with Gasteiger partial charge < -0.3 is 9.84 Å². The minimum atomic E-state index is -1.24. The van der Waals surface area contributed by atoms with Gasteiger partial charge in [0.2, 0.25) is 0 Å². The first-order valence-electron chi connectivity index (χ1n) is 5.93. The van der Waals surface area contributed by atoms with Crippen molar-refractivity contribution in [2.75, 3.05) is 0 Å². The molecule has 2 aliphatic carbocycles. The van der Waals surface area contributed by atoms with E-state index >= 15 is 0 Å². The van der Waals surface area contributed by atoms with E-state index in [1.165, 1.54) is 0 Å². The Morgan fingerprint density at radius 2 is 2.29 bits per heavy atom. The van der Waals surface area contributed by atoms with E-state index in [9.17, 15) is 9.90 Å². The van der Waals surface area contributed by atoms with Crippen LogP contribution >= 0.6 is 0 Å². The van der Waals surface area contributed by atoms with Gasteiger partial charge in [0.05, 0.1) is 11.5 Å². The summed E-state index contributed by atoms with van der Waals surface area (Å²) in [5.74, 6) is -1.57. The molecule has 0 radical (unpaired) electrons. The van der Waals surface area contributed by atoms with Crippen molar-refractivity contribution in [1.82, 2.24) is 0 Å². The second-order valence-electron chi connectivity index (χ2n) is 4.92. The van der Waals surface area contributed by atoms with E-state index < -0.39 is 17.3 Å². The van der Waals surface area contributed by atoms with Gasteiger partial charge in [0, 0.05) is 13.7 Å². The highest BCUT2D eigenvalue weighted by Crippen LogP contribution is 2.56. The van der Waals surface area contributed by atoms with Crippen LogP contribution in [0.5, 0.6) is 0 Å². The van der Waals surface area contributed by atoms with E-state index in [0.29, 0.717) is 19.3 Å². The summed E-state index contributed by atoms with van der Waals surface area (Å²) < 4.78 is 13.3. The topological polar surface area (TPSA) is 46.5 Å². The van der Waals surface area contributed by atoms with Gasteiger partial charge in [0.15, 0.2) is 5.79 Å². The lowest BCUT2D eigenvalue weighted by molar-refractivity contribution is -0.356. The predicted molar refractivity (Wildman–Crippen MR) is 49.5 cm³/mol. The average molecular weight is 198 g/mol. The van der Waals surface area contributed by atoms with Crippen molar-refractivity contribution in [3.8, 4) is 0 Å². The molecule has 3 nitrogen and oxygen atoms in total. The SMILES string of the molecule is [3H]C1CC2(C1)OC1(O)CCC2C(=O)C1C. The second kappa shape index (κ2) is 2.39. The Balaban J connectivity index is 1.95. The highest BCUT2D eigenvalue weighted by atomic mass is 16.6. The van der Waals surface area contributed by atoms with Crippen LogP contribution in [0.1, 0.15) is 40.4 Å². The summed E-state index contributed by atoms with van der Waals surface area (Å²) >= 11 is 0. The van der Waals surface area contributed by atoms with Gasteiger partial charge in [-0.05, 0) is 25.7 Å². The highest BCUT2D eigenvalue weighted by Gasteiger charge is 2.64. The molecule has 2 heterocycles. The Morgan fingerprint density at radius 3 is 2.86 bits per heavy atom. The summed E-state index contributed by atoms with van der Waals surface area (Å²) in [5.41, 5.74) is -0.483. The molecule has 3 atom stereocenters. The molecule has 3 heteroatoms. The van der Waals surface area contributed by atoms with Crippen LogP contribution in [0.4, 0.5) is 0 Å². The monoisotopic (exact) mass is 198 g/mol. The van der Waals surface area contributed by atoms with Gasteiger partial charge in [-0.3, -0.25) is 4.79 Å². The number of aliphatic hydroxyl groups is 1. The average Bonchev–Trinajstić information content (AvgIpc) is 2.11. The standard InChI is InChI=1S/C11H16O3/c1-7-9(12)8-3-6-11(7,13)14-10(8)4-2-5-10/h7-8,13H,2-6H2,1H3/i2T. The number of carbonyl (C=O) groups excluding carboxylic acids is 1. The summed E-state index contributed by atoms with van der Waals surface area (Å²) in [7, 11) is 0. The normalized spacial score (nSPS) is 62.6. The number of hydrogen-bond acceptors (Lipinski definition) is 3. The maximum Gasteiger partial charge on any atom is 0.175 e. The van der Waals surface area contributed by atoms with Crippen LogP contribution in [0.2, 0.25) is 0 Å². The molecule has 2 saturated heterocycles. The van der Waals surface area contributed by atoms with E-state index in [1.807, 2.05) is 0 Å². The molecule has 2 bridgehead atoms. The van der Waals surface area contributed by atoms with Crippen LogP contribution in [0.15, 0.2) is 0 Å². The quantitative estimate of drug-likeness (QED) is 0.637. The highest BCUT2D eigenvalue weighted by molar-refractivity contribution is 5.87. The lowest BCUT2D eigenvalue weighted by atomic mass is 9.59. The van der Waals surface area contributed by atoms with Crippen molar-refractivity contribution in [3.63, 3.8) is 0 Å². The van der Waals surface area contributed by atoms with Crippen molar-refractivity contribution in [3.05, 3.63) is 0 Å². The first-order valence-corrected chi connectivity index (χ1v) is 5.35. The molecule has 4 aliphatic rings. The third-order valence-electron chi connectivity index (χ3n) is 4.23. The smallest absolute Gasteiger partial charge is 0.175 e. The molecule has 0 aromatic rings. The van der Waals surface area contributed by atoms with Crippen molar-refractivity contribution in [1.29, 1.82) is 0 Å². The number of fused-ring (bicyclic) bond motifs is 2. The number of rotatable bonds is 0. The molecule has 1 N–H and O–H groups in total. The first kappa shape index (κ1) is 7.83. The summed E-state index contributed by atoms with van der Waals surface area (Å²) in [4.78, 5) is 12.0. The molecule has 2 saturated carbocycles. The fourth-order valence-electron chi connectivity index (χ4n) is 3.12. The van der Waals surface area contributed by atoms with Gasteiger partial charge >= 0.3 is 0 Å². The predicted octanol–water partition coefficient (Wildman–Crippen LogP) is 1.24. The molecule has 0 aromatic heterocycles. The van der Waals surface area contributed by atoms with Gasteiger partial charge in [-0.25, -0.2) is 0 Å². The summed E-state index contributed by atoms with van der Waals surface area (Å²) in [6, 6.07) is 0. The number of ether oxygens (including phenoxy) is 1. The van der Waals surface area contributed by atoms with Crippen LogP contribution < -0.4 is 0 Å². The zero-order valence-electron chi connectivity index (χ0n) is 9.32. The van der Waals surface area contributed by atoms with Crippen LogP contribution in [0, 0.1) is 11.8 Å². The molecule has 0 amide bonds. The van der Waals surface area contributed by atoms with E-state index in [4.69, 9.17) is 6.11 Å². The lowest BCUT2D eigenvalue weighted by Crippen LogP contribution is -2.68. The van der Waals surface area contributed by atoms with Gasteiger partial charge in [-0.15, -0.1) is 0 Å². The zero-order chi connectivity index (χ0) is 10.8. The fourth-order valence-corrected chi connectivity index (χ4v) is 3.12. The van der Waals surface area contributed by atoms with Crippen LogP contribution in [0.25, 0.3) is 0 Å². The Bertz CT molecular complexity index is 324. The zero-order valence-corrected chi connectivity index (χ0v) is 8.32. The number of hydrogen-bond donors (Lipinski definition) is 1. The molecule has 3 unspecified atom stereocenters. The maximum atomic E-state index is 12.0. The lowest BCUT2D eigenvalue weighted by Gasteiger charge is -2.60. The minimum absolute atomic E-state index is 0.0666. The molecule has 78 valence electrons. The largest absolute Gasteiger partial charge is 0.365 e. The molecular formula is C11H16O3. The molecule has 4 fully saturated rings. The Kier molecular flexibility index (Phi) is 1.34. The van der Waals surface area contributed by atoms with Crippen molar-refractivity contribution >= 4 is 5.78 Å². The Hall–Kier alpha value is -0.410. The number of ketones is 1. The third kappa shape index (κ3) is 0.829. The van der Waals surface area contributed by atoms with Gasteiger partial charge in [0.1, 0.15) is 5.78 Å². The maximum absolute atomic E-state index is 12.0.